The molecule has 0 aliphatic heterocycles. The molecule has 1 N–H and O–H groups in total. The van der Waals surface area contributed by atoms with E-state index in [1.165, 1.54) is 10.7 Å². The molecule has 1 aliphatic carbocycles. The van der Waals surface area contributed by atoms with Gasteiger partial charge < -0.3 is 5.11 Å². The van der Waals surface area contributed by atoms with Crippen LogP contribution >= 0.6 is 27.5 Å². The molecule has 0 bridgehead atoms. The lowest BCUT2D eigenvalue weighted by molar-refractivity contribution is 0.0696. The lowest BCUT2D eigenvalue weighted by Crippen LogP contribution is -2.06. The van der Waals surface area contributed by atoms with E-state index in [4.69, 9.17) is 16.7 Å². The molecule has 0 amide bonds. The van der Waals surface area contributed by atoms with Gasteiger partial charge in [-0.2, -0.15) is 5.10 Å². The number of carboxylic acids is 1. The van der Waals surface area contributed by atoms with Crippen LogP contribution in [0.4, 0.5) is 4.39 Å². The second-order valence-electron chi connectivity index (χ2n) is 4.92. The van der Waals surface area contributed by atoms with Gasteiger partial charge in [-0.1, -0.05) is 11.6 Å². The van der Waals surface area contributed by atoms with Crippen molar-refractivity contribution >= 4 is 33.5 Å². The molecular formula is C14H11BrClFN2O2. The lowest BCUT2D eigenvalue weighted by atomic mass is 9.99. The highest BCUT2D eigenvalue weighted by Gasteiger charge is 2.23. The maximum absolute atomic E-state index is 14.2. The first-order valence-electron chi connectivity index (χ1n) is 6.48. The van der Waals surface area contributed by atoms with Gasteiger partial charge in [-0.05, 0) is 53.7 Å². The maximum atomic E-state index is 14.2. The Bertz CT molecular complexity index is 745. The molecule has 3 rings (SSSR count). The first-order valence-corrected chi connectivity index (χ1v) is 7.65. The zero-order valence-electron chi connectivity index (χ0n) is 10.9. The second-order valence-corrected chi connectivity index (χ2v) is 6.14. The summed E-state index contributed by atoms with van der Waals surface area (Å²) in [7, 11) is 0. The van der Waals surface area contributed by atoms with E-state index in [9.17, 15) is 9.18 Å². The van der Waals surface area contributed by atoms with Crippen molar-refractivity contribution in [3.63, 3.8) is 0 Å². The Morgan fingerprint density at radius 2 is 2.10 bits per heavy atom. The van der Waals surface area contributed by atoms with Crippen LogP contribution in [0.1, 0.15) is 34.5 Å². The van der Waals surface area contributed by atoms with Crippen LogP contribution in [0.25, 0.3) is 5.69 Å². The third kappa shape index (κ3) is 2.46. The Morgan fingerprint density at radius 1 is 1.38 bits per heavy atom. The molecule has 0 radical (unpaired) electrons. The molecule has 21 heavy (non-hydrogen) atoms. The minimum absolute atomic E-state index is 0.0315. The van der Waals surface area contributed by atoms with E-state index in [0.717, 1.165) is 43.0 Å². The zero-order valence-corrected chi connectivity index (χ0v) is 13.2. The van der Waals surface area contributed by atoms with Crippen molar-refractivity contribution in [2.75, 3.05) is 0 Å². The summed E-state index contributed by atoms with van der Waals surface area (Å²) >= 11 is 9.34. The minimum atomic E-state index is -1.14. The molecule has 7 heteroatoms. The Labute approximate surface area is 133 Å². The summed E-state index contributed by atoms with van der Waals surface area (Å²) in [5.41, 5.74) is 1.82. The first kappa shape index (κ1) is 14.5. The molecule has 110 valence electrons. The molecule has 1 aromatic carbocycles. The normalized spacial score (nSPS) is 14.0. The highest BCUT2D eigenvalue weighted by molar-refractivity contribution is 9.10. The van der Waals surface area contributed by atoms with Crippen molar-refractivity contribution < 1.29 is 14.3 Å². The fourth-order valence-electron chi connectivity index (χ4n) is 2.54. The smallest absolute Gasteiger partial charge is 0.336 e. The van der Waals surface area contributed by atoms with Gasteiger partial charge in [0, 0.05) is 10.0 Å². The number of fused-ring (bicyclic) bond motifs is 1. The predicted molar refractivity (Wildman–Crippen MR) is 79.8 cm³/mol. The molecule has 0 unspecified atom stereocenters. The van der Waals surface area contributed by atoms with Crippen molar-refractivity contribution in [2.24, 2.45) is 0 Å². The standard InChI is InChI=1S/C14H11BrClFN2O2/c15-9-6-10(17)12(5-8(9)14(20)21)19-13(16)7-3-1-2-4-11(7)18-19/h5-6H,1-4H2,(H,20,21). The van der Waals surface area contributed by atoms with E-state index < -0.39 is 11.8 Å². The van der Waals surface area contributed by atoms with Crippen LogP contribution in [-0.2, 0) is 12.8 Å². The lowest BCUT2D eigenvalue weighted by Gasteiger charge is -2.08. The number of nitrogens with zero attached hydrogens (tertiary/aromatic N) is 2. The van der Waals surface area contributed by atoms with Crippen LogP contribution in [0, 0.1) is 5.82 Å². The highest BCUT2D eigenvalue weighted by Crippen LogP contribution is 2.32. The number of carbonyl (C=O) groups is 1. The van der Waals surface area contributed by atoms with E-state index in [-0.39, 0.29) is 15.7 Å². The monoisotopic (exact) mass is 372 g/mol. The number of carboxylic acid groups (broad SMARTS) is 1. The number of aromatic nitrogens is 2. The predicted octanol–water partition coefficient (Wildman–Crippen LogP) is 4.00. The average molecular weight is 374 g/mol. The SMILES string of the molecule is O=C(O)c1cc(-n2nc3c(c2Cl)CCCC3)c(F)cc1Br. The largest absolute Gasteiger partial charge is 0.478 e. The number of halogens is 3. The van der Waals surface area contributed by atoms with Gasteiger partial charge in [0.15, 0.2) is 0 Å². The molecule has 1 aromatic heterocycles. The number of aryl methyl sites for hydroxylation is 1. The summed E-state index contributed by atoms with van der Waals surface area (Å²) in [6.07, 6.45) is 3.69. The molecule has 4 nitrogen and oxygen atoms in total. The molecule has 0 fully saturated rings. The summed E-state index contributed by atoms with van der Waals surface area (Å²) in [5, 5.41) is 13.9. The van der Waals surface area contributed by atoms with Crippen molar-refractivity contribution in [1.29, 1.82) is 0 Å². The van der Waals surface area contributed by atoms with Crippen LogP contribution in [0.2, 0.25) is 5.15 Å². The molecular weight excluding hydrogens is 363 g/mol. The molecule has 1 aliphatic rings. The zero-order chi connectivity index (χ0) is 15.1. The summed E-state index contributed by atoms with van der Waals surface area (Å²) in [4.78, 5) is 11.2. The van der Waals surface area contributed by atoms with Gasteiger partial charge in [-0.3, -0.25) is 0 Å². The molecule has 1 heterocycles. The highest BCUT2D eigenvalue weighted by atomic mass is 79.9. The third-order valence-electron chi connectivity index (χ3n) is 3.59. The summed E-state index contributed by atoms with van der Waals surface area (Å²) in [6, 6.07) is 2.36. The van der Waals surface area contributed by atoms with Gasteiger partial charge in [0.1, 0.15) is 16.7 Å². The number of benzene rings is 1. The maximum Gasteiger partial charge on any atom is 0.336 e. The van der Waals surface area contributed by atoms with Crippen LogP contribution in [0.5, 0.6) is 0 Å². The van der Waals surface area contributed by atoms with E-state index in [1.54, 1.807) is 0 Å². The Kier molecular flexibility index (Phi) is 3.75. The molecule has 2 aromatic rings. The van der Waals surface area contributed by atoms with Gasteiger partial charge in [0.25, 0.3) is 0 Å². The first-order chi connectivity index (χ1) is 9.99. The Morgan fingerprint density at radius 3 is 2.76 bits per heavy atom. The minimum Gasteiger partial charge on any atom is -0.478 e. The molecule has 0 saturated heterocycles. The van der Waals surface area contributed by atoms with Crippen molar-refractivity contribution in [3.8, 4) is 5.69 Å². The van der Waals surface area contributed by atoms with Gasteiger partial charge in [0.05, 0.1) is 11.3 Å². The Balaban J connectivity index is 2.19. The topological polar surface area (TPSA) is 55.1 Å². The van der Waals surface area contributed by atoms with E-state index in [0.29, 0.717) is 5.15 Å². The number of aromatic carboxylic acids is 1. The van der Waals surface area contributed by atoms with Gasteiger partial charge >= 0.3 is 5.97 Å². The average Bonchev–Trinajstić information content (AvgIpc) is 2.76. The number of hydrogen-bond donors (Lipinski definition) is 1. The van der Waals surface area contributed by atoms with Gasteiger partial charge in [0.2, 0.25) is 0 Å². The van der Waals surface area contributed by atoms with Crippen LogP contribution in [0.3, 0.4) is 0 Å². The molecule has 0 saturated carbocycles. The Hall–Kier alpha value is -1.40. The quantitative estimate of drug-likeness (QED) is 0.865. The fraction of sp³-hybridized carbons (Fsp3) is 0.286. The number of hydrogen-bond acceptors (Lipinski definition) is 2. The van der Waals surface area contributed by atoms with Crippen LogP contribution in [0.15, 0.2) is 16.6 Å². The summed E-state index contributed by atoms with van der Waals surface area (Å²) in [6.45, 7) is 0. The van der Waals surface area contributed by atoms with Crippen LogP contribution in [-0.4, -0.2) is 20.9 Å². The molecule has 0 spiro atoms. The summed E-state index contributed by atoms with van der Waals surface area (Å²) < 4.78 is 15.7. The van der Waals surface area contributed by atoms with Crippen molar-refractivity contribution in [2.45, 2.75) is 25.7 Å². The van der Waals surface area contributed by atoms with Crippen molar-refractivity contribution in [3.05, 3.63) is 44.4 Å². The third-order valence-corrected chi connectivity index (χ3v) is 4.63. The number of rotatable bonds is 2. The van der Waals surface area contributed by atoms with Gasteiger partial charge in [-0.25, -0.2) is 13.9 Å². The van der Waals surface area contributed by atoms with Crippen LogP contribution < -0.4 is 0 Å². The van der Waals surface area contributed by atoms with E-state index in [2.05, 4.69) is 21.0 Å². The van der Waals surface area contributed by atoms with E-state index in [1.807, 2.05) is 0 Å². The fourth-order valence-corrected chi connectivity index (χ4v) is 3.36. The van der Waals surface area contributed by atoms with E-state index >= 15 is 0 Å². The van der Waals surface area contributed by atoms with Gasteiger partial charge in [-0.15, -0.1) is 0 Å². The van der Waals surface area contributed by atoms with Crippen molar-refractivity contribution in [1.82, 2.24) is 9.78 Å². The summed E-state index contributed by atoms with van der Waals surface area (Å²) in [5.74, 6) is -1.72. The molecule has 0 atom stereocenters. The second kappa shape index (κ2) is 5.42.